The molecule has 0 atom stereocenters. The van der Waals surface area contributed by atoms with Crippen molar-refractivity contribution in [2.24, 2.45) is 0 Å². The summed E-state index contributed by atoms with van der Waals surface area (Å²) in [5.74, 6) is 0.888. The maximum atomic E-state index is 10.0. The van der Waals surface area contributed by atoms with Gasteiger partial charge in [-0.3, -0.25) is 0 Å². The summed E-state index contributed by atoms with van der Waals surface area (Å²) in [6.45, 7) is 6.81. The average molecular weight is 292 g/mol. The minimum Gasteiger partial charge on any atom is -0.215 e. The number of hydrogen-bond acceptors (Lipinski definition) is 3. The normalized spacial score (nSPS) is 10.8. The van der Waals surface area contributed by atoms with Crippen molar-refractivity contribution in [3.8, 4) is 0 Å². The molecule has 3 nitrogen and oxygen atoms in total. The second-order valence-corrected chi connectivity index (χ2v) is 12.2. The van der Waals surface area contributed by atoms with Crippen LogP contribution in [-0.4, -0.2) is 22.2 Å². The van der Waals surface area contributed by atoms with Crippen LogP contribution in [0, 0.1) is 0 Å². The summed E-state index contributed by atoms with van der Waals surface area (Å²) in [6, 6.07) is 13.1. The van der Waals surface area contributed by atoms with Gasteiger partial charge in [0.2, 0.25) is 10.9 Å². The Hall–Kier alpha value is -0.303. The molecule has 0 fully saturated rings. The summed E-state index contributed by atoms with van der Waals surface area (Å²) >= 11 is 1.28. The molecule has 0 saturated carbocycles. The van der Waals surface area contributed by atoms with Crippen LogP contribution in [0.15, 0.2) is 36.4 Å². The van der Waals surface area contributed by atoms with Crippen LogP contribution in [0.25, 0.3) is 0 Å². The van der Waals surface area contributed by atoms with Crippen molar-refractivity contribution in [3.05, 3.63) is 36.4 Å². The first-order chi connectivity index (χ1) is 7.92. The quantitative estimate of drug-likeness (QED) is 0.379. The number of rotatable bonds is 5. The van der Waals surface area contributed by atoms with Crippen LogP contribution in [0.5, 0.6) is 0 Å². The SMILES string of the molecule is C[Si](C)(C)CCSN[SH](=O)=O.c1ccccc1. The summed E-state index contributed by atoms with van der Waals surface area (Å²) in [4.78, 5) is 0. The van der Waals surface area contributed by atoms with Gasteiger partial charge in [-0.25, -0.2) is 8.42 Å². The van der Waals surface area contributed by atoms with Gasteiger partial charge >= 0.3 is 0 Å². The van der Waals surface area contributed by atoms with E-state index in [2.05, 4.69) is 23.8 Å². The Kier molecular flexibility index (Phi) is 9.53. The Morgan fingerprint density at radius 1 is 1.00 bits per heavy atom. The zero-order chi connectivity index (χ0) is 13.1. The number of benzene rings is 1. The topological polar surface area (TPSA) is 46.2 Å². The van der Waals surface area contributed by atoms with E-state index in [9.17, 15) is 8.42 Å². The van der Waals surface area contributed by atoms with Gasteiger partial charge in [0.1, 0.15) is 0 Å². The first-order valence-electron chi connectivity index (χ1n) is 5.44. The molecule has 0 aliphatic heterocycles. The number of hydrogen-bond donors (Lipinski definition) is 2. The molecule has 1 aromatic carbocycles. The van der Waals surface area contributed by atoms with Gasteiger partial charge in [0.05, 0.1) is 0 Å². The maximum Gasteiger partial charge on any atom is 0.210 e. The maximum absolute atomic E-state index is 10.0. The Bertz CT molecular complexity index is 316. The Morgan fingerprint density at radius 3 is 1.71 bits per heavy atom. The first-order valence-corrected chi connectivity index (χ1v) is 11.3. The molecule has 0 radical (unpaired) electrons. The molecule has 0 bridgehead atoms. The third-order valence-corrected chi connectivity index (χ3v) is 5.39. The molecular formula is C11H21NO2S2Si. The highest BCUT2D eigenvalue weighted by atomic mass is 32.2. The van der Waals surface area contributed by atoms with Crippen LogP contribution in [0.3, 0.4) is 0 Å². The number of thiol groups is 1. The fraction of sp³-hybridized carbons (Fsp3) is 0.455. The highest BCUT2D eigenvalue weighted by Gasteiger charge is 2.11. The van der Waals surface area contributed by atoms with Gasteiger partial charge in [0, 0.05) is 13.8 Å². The van der Waals surface area contributed by atoms with Crippen LogP contribution in [0.1, 0.15) is 0 Å². The summed E-state index contributed by atoms with van der Waals surface area (Å²) in [7, 11) is -3.41. The minimum absolute atomic E-state index is 0.888. The van der Waals surface area contributed by atoms with Crippen molar-refractivity contribution < 1.29 is 8.42 Å². The van der Waals surface area contributed by atoms with Crippen molar-refractivity contribution in [3.63, 3.8) is 0 Å². The van der Waals surface area contributed by atoms with Crippen LogP contribution >= 0.6 is 11.9 Å². The molecule has 0 heterocycles. The molecule has 0 amide bonds. The third-order valence-electron chi connectivity index (χ3n) is 1.76. The van der Waals surface area contributed by atoms with Crippen LogP contribution in [0.4, 0.5) is 0 Å². The second kappa shape index (κ2) is 9.70. The molecule has 17 heavy (non-hydrogen) atoms. The van der Waals surface area contributed by atoms with Crippen molar-refractivity contribution in [2.45, 2.75) is 25.7 Å². The van der Waals surface area contributed by atoms with Gasteiger partial charge < -0.3 is 0 Å². The molecule has 0 unspecified atom stereocenters. The molecule has 6 heteroatoms. The van der Waals surface area contributed by atoms with E-state index >= 15 is 0 Å². The van der Waals surface area contributed by atoms with Crippen LogP contribution < -0.4 is 4.13 Å². The lowest BCUT2D eigenvalue weighted by Crippen LogP contribution is -2.20. The van der Waals surface area contributed by atoms with Crippen molar-refractivity contribution >= 4 is 30.9 Å². The number of nitrogens with one attached hydrogen (secondary N) is 1. The van der Waals surface area contributed by atoms with Crippen LogP contribution in [-0.2, 0) is 10.9 Å². The minimum atomic E-state index is -2.42. The van der Waals surface area contributed by atoms with E-state index in [4.69, 9.17) is 0 Å². The van der Waals surface area contributed by atoms with Gasteiger partial charge in [0.15, 0.2) is 0 Å². The van der Waals surface area contributed by atoms with E-state index in [1.54, 1.807) is 0 Å². The smallest absolute Gasteiger partial charge is 0.210 e. The molecule has 0 aliphatic carbocycles. The third kappa shape index (κ3) is 15.7. The van der Waals surface area contributed by atoms with Gasteiger partial charge in [-0.15, -0.1) is 0 Å². The highest BCUT2D eigenvalue weighted by Crippen LogP contribution is 2.11. The fourth-order valence-corrected chi connectivity index (χ4v) is 4.48. The Morgan fingerprint density at radius 2 is 1.41 bits per heavy atom. The van der Waals surface area contributed by atoms with Crippen LogP contribution in [0.2, 0.25) is 25.7 Å². The van der Waals surface area contributed by atoms with Gasteiger partial charge in [-0.05, 0) is 6.04 Å². The molecule has 0 aliphatic rings. The Balaban J connectivity index is 0.000000354. The lowest BCUT2D eigenvalue weighted by Gasteiger charge is -2.13. The van der Waals surface area contributed by atoms with E-state index in [-0.39, 0.29) is 0 Å². The predicted octanol–water partition coefficient (Wildman–Crippen LogP) is 2.78. The van der Waals surface area contributed by atoms with E-state index in [0.29, 0.717) is 0 Å². The molecule has 1 N–H and O–H groups in total. The van der Waals surface area contributed by atoms with E-state index in [0.717, 1.165) is 11.8 Å². The second-order valence-electron chi connectivity index (χ2n) is 4.66. The molecule has 0 saturated heterocycles. The molecule has 98 valence electrons. The van der Waals surface area contributed by atoms with E-state index in [1.807, 2.05) is 36.4 Å². The molecule has 0 aromatic heterocycles. The average Bonchev–Trinajstić information content (AvgIpc) is 2.26. The zero-order valence-corrected chi connectivity index (χ0v) is 13.3. The molecule has 1 rings (SSSR count). The van der Waals surface area contributed by atoms with Gasteiger partial charge in [0.25, 0.3) is 0 Å². The Labute approximate surface area is 111 Å². The molecule has 0 spiro atoms. The van der Waals surface area contributed by atoms with E-state index in [1.165, 1.54) is 11.9 Å². The summed E-state index contributed by atoms with van der Waals surface area (Å²) in [5, 5.41) is 0. The predicted molar refractivity (Wildman–Crippen MR) is 80.5 cm³/mol. The van der Waals surface area contributed by atoms with Gasteiger partial charge in [-0.2, -0.15) is 4.13 Å². The standard InChI is InChI=1S/C6H6.C5H15NO2S2Si/c1-2-4-6-5-3-1;1-11(2,3)5-4-9-6-10(7)8/h1-6H;10H,4-5H2,1-3H3,(H,6,7,8). The van der Waals surface area contributed by atoms with Crippen molar-refractivity contribution in [1.29, 1.82) is 0 Å². The first kappa shape index (κ1) is 16.7. The molecule has 1 aromatic rings. The van der Waals surface area contributed by atoms with Gasteiger partial charge in [-0.1, -0.05) is 68.0 Å². The monoisotopic (exact) mass is 291 g/mol. The fourth-order valence-electron chi connectivity index (χ4n) is 0.840. The highest BCUT2D eigenvalue weighted by molar-refractivity contribution is 8.04. The van der Waals surface area contributed by atoms with Crippen molar-refractivity contribution in [1.82, 2.24) is 4.13 Å². The summed E-state index contributed by atoms with van der Waals surface area (Å²) < 4.78 is 22.4. The zero-order valence-electron chi connectivity index (χ0n) is 10.6. The molecular weight excluding hydrogens is 270 g/mol. The largest absolute Gasteiger partial charge is 0.215 e. The van der Waals surface area contributed by atoms with Crippen molar-refractivity contribution in [2.75, 3.05) is 5.75 Å². The lowest BCUT2D eigenvalue weighted by atomic mass is 10.4. The summed E-state index contributed by atoms with van der Waals surface area (Å²) in [5.41, 5.74) is 0. The van der Waals surface area contributed by atoms with E-state index < -0.39 is 19.0 Å². The lowest BCUT2D eigenvalue weighted by molar-refractivity contribution is 0.613. The summed E-state index contributed by atoms with van der Waals surface area (Å²) in [6.07, 6.45) is 0.